The van der Waals surface area contributed by atoms with Crippen molar-refractivity contribution in [2.45, 2.75) is 29.6 Å². The zero-order valence-electron chi connectivity index (χ0n) is 28.0. The number of rotatable bonds is 11. The van der Waals surface area contributed by atoms with E-state index in [0.717, 1.165) is 66.7 Å². The molecule has 0 saturated carbocycles. The Morgan fingerprint density at radius 3 is 2.14 bits per heavy atom. The molecule has 0 aliphatic carbocycles. The molecule has 0 unspecified atom stereocenters. The van der Waals surface area contributed by atoms with Crippen LogP contribution in [0.5, 0.6) is 11.5 Å². The summed E-state index contributed by atoms with van der Waals surface area (Å²) in [6.07, 6.45) is 0.897. The number of esters is 1. The number of carboxylic acid groups (broad SMARTS) is 2. The molecule has 0 bridgehead atoms. The zero-order chi connectivity index (χ0) is 36.2. The molecule has 14 heteroatoms. The van der Waals surface area contributed by atoms with Crippen molar-refractivity contribution in [3.05, 3.63) is 89.5 Å². The first kappa shape index (κ1) is 38.1. The summed E-state index contributed by atoms with van der Waals surface area (Å²) in [5.41, 5.74) is 2.76. The minimum atomic E-state index is -1.26. The number of carbonyl (C=O) groups excluding carboxylic acids is 2. The van der Waals surface area contributed by atoms with Crippen molar-refractivity contribution in [3.63, 3.8) is 0 Å². The number of carboxylic acids is 2. The Kier molecular flexibility index (Phi) is 14.0. The Hall–Kier alpha value is -4.72. The van der Waals surface area contributed by atoms with Gasteiger partial charge in [-0.1, -0.05) is 35.9 Å². The third kappa shape index (κ3) is 10.4. The van der Waals surface area contributed by atoms with Crippen LogP contribution in [0.4, 0.5) is 11.4 Å². The average Bonchev–Trinajstić information content (AvgIpc) is 3.21. The molecule has 2 aliphatic heterocycles. The van der Waals surface area contributed by atoms with Gasteiger partial charge in [-0.2, -0.15) is 0 Å². The highest BCUT2D eigenvalue weighted by atomic mass is 35.5. The first-order valence-electron chi connectivity index (χ1n) is 15.8. The lowest BCUT2D eigenvalue weighted by Gasteiger charge is -2.37. The van der Waals surface area contributed by atoms with Crippen LogP contribution in [-0.4, -0.2) is 98.5 Å². The number of nitrogens with zero attached hydrogens (tertiary/aromatic N) is 3. The second kappa shape index (κ2) is 18.3. The lowest BCUT2D eigenvalue weighted by molar-refractivity contribution is -0.152. The van der Waals surface area contributed by atoms with Gasteiger partial charge in [0.1, 0.15) is 11.5 Å². The minimum Gasteiger partial charge on any atom is -0.497 e. The summed E-state index contributed by atoms with van der Waals surface area (Å²) in [6, 6.07) is 21.2. The quantitative estimate of drug-likeness (QED) is 0.193. The number of amides is 1. The number of carbonyl (C=O) groups is 4. The SMILES string of the molecule is COc1ccc([C@@H]2Sc3cc(Cl)ccc3N(CCCN3CCN(c4ccccc4OC)CC3)C(=O)[C@@H]2OC(C)=O)cc1.O=C(O)/C=C/C(=O)O. The van der Waals surface area contributed by atoms with Crippen molar-refractivity contribution >= 4 is 58.6 Å². The van der Waals surface area contributed by atoms with E-state index in [-0.39, 0.29) is 5.91 Å². The van der Waals surface area contributed by atoms with Crippen LogP contribution < -0.4 is 19.3 Å². The van der Waals surface area contributed by atoms with Gasteiger partial charge in [0.15, 0.2) is 6.10 Å². The number of thioether (sulfide) groups is 1. The fourth-order valence-corrected chi connectivity index (χ4v) is 7.26. The molecule has 2 atom stereocenters. The number of anilines is 2. The van der Waals surface area contributed by atoms with E-state index in [0.29, 0.717) is 29.5 Å². The van der Waals surface area contributed by atoms with E-state index in [1.165, 1.54) is 18.7 Å². The van der Waals surface area contributed by atoms with Gasteiger partial charge in [0, 0.05) is 61.7 Å². The monoisotopic (exact) mass is 725 g/mol. The molecule has 12 nitrogen and oxygen atoms in total. The van der Waals surface area contributed by atoms with E-state index in [2.05, 4.69) is 15.9 Å². The van der Waals surface area contributed by atoms with Gasteiger partial charge in [-0.05, 0) is 61.0 Å². The third-order valence-electron chi connectivity index (χ3n) is 8.01. The highest BCUT2D eigenvalue weighted by molar-refractivity contribution is 7.99. The van der Waals surface area contributed by atoms with Crippen LogP contribution in [0.3, 0.4) is 0 Å². The second-order valence-electron chi connectivity index (χ2n) is 11.3. The summed E-state index contributed by atoms with van der Waals surface area (Å²) in [4.78, 5) is 52.9. The molecule has 0 radical (unpaired) electrons. The topological polar surface area (TPSA) is 146 Å². The zero-order valence-corrected chi connectivity index (χ0v) is 29.6. The van der Waals surface area contributed by atoms with Crippen molar-refractivity contribution < 1.29 is 43.6 Å². The normalized spacial score (nSPS) is 17.6. The van der Waals surface area contributed by atoms with Crippen LogP contribution in [-0.2, 0) is 23.9 Å². The Morgan fingerprint density at radius 2 is 1.54 bits per heavy atom. The van der Waals surface area contributed by atoms with Crippen molar-refractivity contribution in [3.8, 4) is 11.5 Å². The average molecular weight is 726 g/mol. The molecule has 1 fully saturated rings. The maximum atomic E-state index is 14.1. The van der Waals surface area contributed by atoms with Crippen molar-refractivity contribution in [1.82, 2.24) is 4.90 Å². The predicted molar refractivity (Wildman–Crippen MR) is 192 cm³/mol. The fourth-order valence-electron chi connectivity index (χ4n) is 5.66. The molecule has 2 aliphatic rings. The van der Waals surface area contributed by atoms with Crippen molar-refractivity contribution in [2.75, 3.05) is 63.3 Å². The van der Waals surface area contributed by atoms with Gasteiger partial charge < -0.3 is 34.2 Å². The molecule has 1 amide bonds. The highest BCUT2D eigenvalue weighted by Crippen LogP contribution is 2.47. The summed E-state index contributed by atoms with van der Waals surface area (Å²) in [5.74, 6) is -1.65. The summed E-state index contributed by atoms with van der Waals surface area (Å²) >= 11 is 7.90. The van der Waals surface area contributed by atoms with Gasteiger partial charge in [0.25, 0.3) is 5.91 Å². The van der Waals surface area contributed by atoms with E-state index in [1.807, 2.05) is 54.6 Å². The first-order valence-corrected chi connectivity index (χ1v) is 17.1. The number of ether oxygens (including phenoxy) is 3. The predicted octanol–water partition coefficient (Wildman–Crippen LogP) is 5.39. The van der Waals surface area contributed by atoms with E-state index in [4.69, 9.17) is 36.0 Å². The Balaban J connectivity index is 0.000000627. The summed E-state index contributed by atoms with van der Waals surface area (Å²) in [7, 11) is 3.31. The van der Waals surface area contributed by atoms with Gasteiger partial charge in [-0.25, -0.2) is 9.59 Å². The van der Waals surface area contributed by atoms with Crippen molar-refractivity contribution in [1.29, 1.82) is 0 Å². The summed E-state index contributed by atoms with van der Waals surface area (Å²) in [6.45, 7) is 6.33. The number of piperazine rings is 1. The number of hydrogen-bond donors (Lipinski definition) is 2. The van der Waals surface area contributed by atoms with Crippen LogP contribution in [0.1, 0.15) is 24.2 Å². The van der Waals surface area contributed by atoms with E-state index in [9.17, 15) is 19.2 Å². The number of fused-ring (bicyclic) bond motifs is 1. The molecule has 3 aromatic carbocycles. The molecule has 50 heavy (non-hydrogen) atoms. The van der Waals surface area contributed by atoms with Gasteiger partial charge in [0.05, 0.1) is 30.8 Å². The first-order chi connectivity index (χ1) is 24.0. The minimum absolute atomic E-state index is 0.236. The molecule has 0 spiro atoms. The second-order valence-corrected chi connectivity index (χ2v) is 12.9. The number of para-hydroxylation sites is 2. The van der Waals surface area contributed by atoms with Crippen LogP contribution in [0.2, 0.25) is 5.02 Å². The lowest BCUT2D eigenvalue weighted by atomic mass is 10.1. The Morgan fingerprint density at radius 1 is 0.880 bits per heavy atom. The van der Waals surface area contributed by atoms with Gasteiger partial charge >= 0.3 is 17.9 Å². The van der Waals surface area contributed by atoms with E-state index in [1.54, 1.807) is 25.2 Å². The fraction of sp³-hybridized carbons (Fsp3) is 0.333. The van der Waals surface area contributed by atoms with E-state index >= 15 is 0 Å². The third-order valence-corrected chi connectivity index (χ3v) is 9.60. The van der Waals surface area contributed by atoms with Gasteiger partial charge in [0.2, 0.25) is 0 Å². The summed E-state index contributed by atoms with van der Waals surface area (Å²) in [5, 5.41) is 15.8. The Bertz CT molecular complexity index is 1660. The molecule has 1 saturated heterocycles. The van der Waals surface area contributed by atoms with Crippen LogP contribution >= 0.6 is 23.4 Å². The molecule has 3 aromatic rings. The molecule has 266 valence electrons. The molecule has 0 aromatic heterocycles. The number of hydrogen-bond acceptors (Lipinski definition) is 10. The highest BCUT2D eigenvalue weighted by Gasteiger charge is 2.41. The van der Waals surface area contributed by atoms with Crippen molar-refractivity contribution in [2.24, 2.45) is 0 Å². The maximum Gasteiger partial charge on any atom is 0.328 e. The number of benzene rings is 3. The number of aliphatic carboxylic acids is 2. The maximum absolute atomic E-state index is 14.1. The molecular weight excluding hydrogens is 686 g/mol. The standard InChI is InChI=1S/C32H36ClN3O5S.C4H4O4/c1-22(37)41-30-31(23-9-12-25(39-2)13-10-23)42-29-21-24(33)11-14-27(29)36(32(30)38)16-6-15-34-17-19-35(20-18-34)26-7-4-5-8-28(26)40-3;5-3(6)1-2-4(7)8/h4-5,7-14,21,30-31H,6,15-20H2,1-3H3;1-2H,(H,5,6)(H,7,8)/b;2-1+/t30-,31+;/m1./s1. The number of methoxy groups -OCH3 is 2. The Labute approximate surface area is 300 Å². The molecule has 2 heterocycles. The van der Waals surface area contributed by atoms with E-state index < -0.39 is 29.3 Å². The van der Waals surface area contributed by atoms with Gasteiger partial charge in [-0.15, -0.1) is 11.8 Å². The molecule has 5 rings (SSSR count). The summed E-state index contributed by atoms with van der Waals surface area (Å²) < 4.78 is 16.6. The number of halogens is 1. The largest absolute Gasteiger partial charge is 0.497 e. The van der Waals surface area contributed by atoms with Gasteiger partial charge in [-0.3, -0.25) is 14.5 Å². The van der Waals surface area contributed by atoms with Crippen LogP contribution in [0, 0.1) is 0 Å². The lowest BCUT2D eigenvalue weighted by Crippen LogP contribution is -2.48. The molecular formula is C36H40ClN3O9S. The van der Waals surface area contributed by atoms with Crippen LogP contribution in [0.15, 0.2) is 83.8 Å². The van der Waals surface area contributed by atoms with Crippen LogP contribution in [0.25, 0.3) is 0 Å². The molecule has 2 N–H and O–H groups in total. The smallest absolute Gasteiger partial charge is 0.328 e.